The molecule has 1 aromatic heterocycles. The minimum absolute atomic E-state index is 0.613. The summed E-state index contributed by atoms with van der Waals surface area (Å²) in [5.74, 6) is 0.961. The number of nitrogens with zero attached hydrogens (tertiary/aromatic N) is 2. The summed E-state index contributed by atoms with van der Waals surface area (Å²) < 4.78 is 2.04. The predicted molar refractivity (Wildman–Crippen MR) is 105 cm³/mol. The molecular formula is C19H34N2SSn. The van der Waals surface area contributed by atoms with Gasteiger partial charge in [0, 0.05) is 0 Å². The summed E-state index contributed by atoms with van der Waals surface area (Å²) in [7, 11) is 0. The number of rotatable bonds is 12. The molecule has 0 spiro atoms. The van der Waals surface area contributed by atoms with Crippen LogP contribution in [-0.2, 0) is 0 Å². The van der Waals surface area contributed by atoms with E-state index in [-0.39, 0.29) is 0 Å². The van der Waals surface area contributed by atoms with Crippen LogP contribution >= 0.6 is 11.8 Å². The molecule has 4 heteroatoms. The fraction of sp³-hybridized carbons (Fsp3) is 0.789. The number of aromatic nitrogens is 2. The first kappa shape index (κ1) is 21.3. The van der Waals surface area contributed by atoms with Gasteiger partial charge in [-0.25, -0.2) is 0 Å². The first-order chi connectivity index (χ1) is 11.1. The molecule has 0 amide bonds. The van der Waals surface area contributed by atoms with E-state index in [0.717, 1.165) is 10.9 Å². The van der Waals surface area contributed by atoms with Crippen LogP contribution in [0.2, 0.25) is 3.43 Å². The van der Waals surface area contributed by atoms with Gasteiger partial charge in [0.2, 0.25) is 0 Å². The molecule has 0 bridgehead atoms. The van der Waals surface area contributed by atoms with Gasteiger partial charge in [-0.1, -0.05) is 0 Å². The van der Waals surface area contributed by atoms with E-state index >= 15 is 0 Å². The molecule has 2 radical (unpaired) electrons. The number of aryl methyl sites for hydroxylation is 1. The van der Waals surface area contributed by atoms with Crippen molar-refractivity contribution in [1.29, 1.82) is 0 Å². The van der Waals surface area contributed by atoms with Gasteiger partial charge < -0.3 is 0 Å². The van der Waals surface area contributed by atoms with Gasteiger partial charge in [-0.05, 0) is 0 Å². The zero-order valence-corrected chi connectivity index (χ0v) is 19.4. The monoisotopic (exact) mass is 442 g/mol. The quantitative estimate of drug-likeness (QED) is 0.241. The van der Waals surface area contributed by atoms with Crippen LogP contribution < -0.4 is 3.71 Å². The Morgan fingerprint density at radius 2 is 1.48 bits per heavy atom. The molecule has 0 aromatic carbocycles. The van der Waals surface area contributed by atoms with E-state index in [4.69, 9.17) is 4.98 Å². The third-order valence-electron chi connectivity index (χ3n) is 4.44. The van der Waals surface area contributed by atoms with Gasteiger partial charge in [0.25, 0.3) is 0 Å². The van der Waals surface area contributed by atoms with Crippen molar-refractivity contribution in [3.63, 3.8) is 0 Å². The standard InChI is InChI=1S/C13H27.C6H7N2S.Sn/c1-4-7-10-13(11-8-5-2)12-9-6-3;1-5-7-4-3-6(8-5)9-2;/h4-12H2,1-3H3;3H,1-2H3;. The van der Waals surface area contributed by atoms with Crippen LogP contribution in [0.3, 0.4) is 0 Å². The summed E-state index contributed by atoms with van der Waals surface area (Å²) in [4.78, 5) is 9.39. The zero-order chi connectivity index (χ0) is 17.1. The van der Waals surface area contributed by atoms with Crippen molar-refractivity contribution in [2.45, 2.75) is 93.9 Å². The van der Waals surface area contributed by atoms with Crippen molar-refractivity contribution < 1.29 is 0 Å². The van der Waals surface area contributed by atoms with Crippen molar-refractivity contribution in [3.05, 3.63) is 11.9 Å². The van der Waals surface area contributed by atoms with Crippen LogP contribution in [0.5, 0.6) is 0 Å². The molecule has 0 fully saturated rings. The van der Waals surface area contributed by atoms with E-state index in [1.165, 1.54) is 61.5 Å². The summed E-state index contributed by atoms with van der Waals surface area (Å²) in [5.41, 5.74) is 0. The van der Waals surface area contributed by atoms with E-state index in [9.17, 15) is 0 Å². The second kappa shape index (κ2) is 11.7. The van der Waals surface area contributed by atoms with Gasteiger partial charge >= 0.3 is 159 Å². The van der Waals surface area contributed by atoms with Gasteiger partial charge in [-0.15, -0.1) is 0 Å². The summed E-state index contributed by atoms with van der Waals surface area (Å²) in [6.07, 6.45) is 14.5. The summed E-state index contributed by atoms with van der Waals surface area (Å²) in [5, 5.41) is 1.16. The summed E-state index contributed by atoms with van der Waals surface area (Å²) in [6, 6.07) is 2.29. The molecule has 0 aliphatic heterocycles. The topological polar surface area (TPSA) is 25.8 Å². The molecule has 0 unspecified atom stereocenters. The molecule has 0 saturated carbocycles. The Labute approximate surface area is 158 Å². The average Bonchev–Trinajstić information content (AvgIpc) is 2.55. The van der Waals surface area contributed by atoms with Crippen LogP contribution in [0, 0.1) is 6.92 Å². The van der Waals surface area contributed by atoms with Crippen LogP contribution in [-0.4, -0.2) is 37.4 Å². The van der Waals surface area contributed by atoms with Crippen LogP contribution in [0.1, 0.15) is 84.4 Å². The first-order valence-corrected chi connectivity index (χ1v) is 13.3. The fourth-order valence-electron chi connectivity index (χ4n) is 3.09. The zero-order valence-electron chi connectivity index (χ0n) is 15.7. The average molecular weight is 441 g/mol. The molecular weight excluding hydrogens is 407 g/mol. The van der Waals surface area contributed by atoms with E-state index in [0.29, 0.717) is 3.43 Å². The molecule has 130 valence electrons. The van der Waals surface area contributed by atoms with Crippen molar-refractivity contribution in [2.75, 3.05) is 6.26 Å². The normalized spacial score (nSPS) is 11.9. The van der Waals surface area contributed by atoms with Crippen LogP contribution in [0.15, 0.2) is 11.1 Å². The third kappa shape index (κ3) is 7.76. The van der Waals surface area contributed by atoms with E-state index < -0.39 is 21.1 Å². The van der Waals surface area contributed by atoms with Gasteiger partial charge in [-0.2, -0.15) is 0 Å². The van der Waals surface area contributed by atoms with E-state index in [1.807, 2.05) is 0 Å². The molecule has 2 nitrogen and oxygen atoms in total. The minimum atomic E-state index is -0.720. The fourth-order valence-corrected chi connectivity index (χ4v) is 9.19. The molecule has 23 heavy (non-hydrogen) atoms. The van der Waals surface area contributed by atoms with Crippen molar-refractivity contribution in [1.82, 2.24) is 9.97 Å². The molecule has 0 atom stereocenters. The molecule has 0 saturated heterocycles. The van der Waals surface area contributed by atoms with Gasteiger partial charge in [0.1, 0.15) is 0 Å². The summed E-state index contributed by atoms with van der Waals surface area (Å²) in [6.45, 7) is 9.04. The van der Waals surface area contributed by atoms with Gasteiger partial charge in [0.05, 0.1) is 0 Å². The summed E-state index contributed by atoms with van der Waals surface area (Å²) >= 11 is 1.03. The molecule has 1 heterocycles. The van der Waals surface area contributed by atoms with Crippen LogP contribution in [0.25, 0.3) is 0 Å². The second-order valence-corrected chi connectivity index (χ2v) is 12.6. The number of thioether (sulfide) groups is 1. The van der Waals surface area contributed by atoms with Crippen LogP contribution in [0.4, 0.5) is 0 Å². The SMILES string of the molecule is CCCC[C](CCCC)(CCCC)[Sn][c]1cc(SC)nc(C)n1. The van der Waals surface area contributed by atoms with E-state index in [1.54, 1.807) is 11.8 Å². The molecule has 0 N–H and O–H groups in total. The number of unbranched alkanes of at least 4 members (excludes halogenated alkanes) is 3. The molecule has 1 rings (SSSR count). The Kier molecular flexibility index (Phi) is 10.8. The molecule has 0 aliphatic carbocycles. The number of hydrogen-bond donors (Lipinski definition) is 0. The van der Waals surface area contributed by atoms with Gasteiger partial charge in [-0.3, -0.25) is 0 Å². The van der Waals surface area contributed by atoms with E-state index in [2.05, 4.69) is 45.0 Å². The Balaban J connectivity index is 3.01. The number of hydrogen-bond acceptors (Lipinski definition) is 3. The Morgan fingerprint density at radius 3 is 1.91 bits per heavy atom. The Hall–Kier alpha value is 0.229. The van der Waals surface area contributed by atoms with Crippen molar-refractivity contribution in [3.8, 4) is 0 Å². The predicted octanol–water partition coefficient (Wildman–Crippen LogP) is 5.57. The first-order valence-electron chi connectivity index (χ1n) is 9.27. The maximum absolute atomic E-state index is 4.84. The Morgan fingerprint density at radius 1 is 0.957 bits per heavy atom. The maximum atomic E-state index is 4.84. The Bertz CT molecular complexity index is 429. The molecule has 1 aromatic rings. The molecule has 0 aliphatic rings. The third-order valence-corrected chi connectivity index (χ3v) is 10.2. The van der Waals surface area contributed by atoms with Crippen molar-refractivity contribution >= 4 is 36.6 Å². The van der Waals surface area contributed by atoms with Crippen molar-refractivity contribution in [2.24, 2.45) is 0 Å². The second-order valence-electron chi connectivity index (χ2n) is 6.56. The van der Waals surface area contributed by atoms with Gasteiger partial charge in [0.15, 0.2) is 0 Å².